The summed E-state index contributed by atoms with van der Waals surface area (Å²) in [5.74, 6) is -0.383. The van der Waals surface area contributed by atoms with Gasteiger partial charge in [0.2, 0.25) is 0 Å². The Bertz CT molecular complexity index is 296. The lowest BCUT2D eigenvalue weighted by Crippen LogP contribution is -1.92. The van der Waals surface area contributed by atoms with Crippen molar-refractivity contribution in [3.63, 3.8) is 0 Å². The van der Waals surface area contributed by atoms with E-state index in [9.17, 15) is 8.60 Å². The van der Waals surface area contributed by atoms with Crippen molar-refractivity contribution in [3.8, 4) is 0 Å². The van der Waals surface area contributed by atoms with Gasteiger partial charge in [-0.15, -0.1) is 0 Å². The topological polar surface area (TPSA) is 17.1 Å². The summed E-state index contributed by atoms with van der Waals surface area (Å²) in [6.07, 6.45) is 1.47. The highest BCUT2D eigenvalue weighted by Gasteiger charge is 2.04. The number of hydrogen-bond acceptors (Lipinski definition) is 1. The van der Waals surface area contributed by atoms with Crippen LogP contribution in [0.25, 0.3) is 0 Å². The van der Waals surface area contributed by atoms with Crippen LogP contribution in [0.5, 0.6) is 0 Å². The SMILES string of the molecule is Cc1ccc(S(C)=O)c(F)c1. The molecule has 0 aliphatic rings. The van der Waals surface area contributed by atoms with Gasteiger partial charge in [0.15, 0.2) is 0 Å². The lowest BCUT2D eigenvalue weighted by molar-refractivity contribution is 0.595. The van der Waals surface area contributed by atoms with Crippen LogP contribution in [0.15, 0.2) is 23.1 Å². The van der Waals surface area contributed by atoms with Crippen molar-refractivity contribution in [2.24, 2.45) is 0 Å². The molecule has 0 fully saturated rings. The maximum Gasteiger partial charge on any atom is 0.139 e. The summed E-state index contributed by atoms with van der Waals surface area (Å²) < 4.78 is 23.8. The van der Waals surface area contributed by atoms with Crippen molar-refractivity contribution in [1.82, 2.24) is 0 Å². The molecule has 1 aromatic rings. The molecule has 1 unspecified atom stereocenters. The van der Waals surface area contributed by atoms with Gasteiger partial charge in [-0.1, -0.05) is 6.07 Å². The lowest BCUT2D eigenvalue weighted by atomic mass is 10.2. The molecule has 0 spiro atoms. The first-order valence-electron chi connectivity index (χ1n) is 3.21. The van der Waals surface area contributed by atoms with Gasteiger partial charge in [0.1, 0.15) is 5.82 Å². The number of aryl methyl sites for hydroxylation is 1. The Hall–Kier alpha value is -0.700. The summed E-state index contributed by atoms with van der Waals surface area (Å²) >= 11 is 0. The smallest absolute Gasteiger partial charge is 0.139 e. The number of rotatable bonds is 1. The Morgan fingerprint density at radius 2 is 2.09 bits per heavy atom. The van der Waals surface area contributed by atoms with E-state index in [1.54, 1.807) is 19.1 Å². The second-order valence-electron chi connectivity index (χ2n) is 2.39. The monoisotopic (exact) mass is 172 g/mol. The predicted molar refractivity (Wildman–Crippen MR) is 43.5 cm³/mol. The molecule has 0 amide bonds. The maximum atomic E-state index is 12.9. The minimum absolute atomic E-state index is 0.274. The molecule has 0 N–H and O–H groups in total. The predicted octanol–water partition coefficient (Wildman–Crippen LogP) is 1.87. The lowest BCUT2D eigenvalue weighted by Gasteiger charge is -1.98. The van der Waals surface area contributed by atoms with Crippen molar-refractivity contribution in [1.29, 1.82) is 0 Å². The van der Waals surface area contributed by atoms with Gasteiger partial charge in [-0.2, -0.15) is 0 Å². The molecule has 3 heteroatoms. The van der Waals surface area contributed by atoms with Crippen LogP contribution in [0, 0.1) is 12.7 Å². The summed E-state index contributed by atoms with van der Waals surface area (Å²) in [6.45, 7) is 1.80. The first-order valence-corrected chi connectivity index (χ1v) is 4.76. The molecule has 1 aromatic carbocycles. The van der Waals surface area contributed by atoms with Crippen LogP contribution in [-0.2, 0) is 10.8 Å². The van der Waals surface area contributed by atoms with Crippen molar-refractivity contribution < 1.29 is 8.60 Å². The van der Waals surface area contributed by atoms with Gasteiger partial charge < -0.3 is 0 Å². The Balaban J connectivity index is 3.20. The molecule has 0 aromatic heterocycles. The minimum atomic E-state index is -1.22. The summed E-state index contributed by atoms with van der Waals surface area (Å²) in [7, 11) is -1.22. The van der Waals surface area contributed by atoms with Crippen molar-refractivity contribution >= 4 is 10.8 Å². The Morgan fingerprint density at radius 3 is 2.55 bits per heavy atom. The van der Waals surface area contributed by atoms with Crippen LogP contribution in [0.3, 0.4) is 0 Å². The van der Waals surface area contributed by atoms with E-state index in [1.807, 2.05) is 0 Å². The van der Waals surface area contributed by atoms with Crippen LogP contribution in [-0.4, -0.2) is 10.5 Å². The third-order valence-electron chi connectivity index (χ3n) is 1.40. The van der Waals surface area contributed by atoms with E-state index in [4.69, 9.17) is 0 Å². The van der Waals surface area contributed by atoms with Crippen LogP contribution < -0.4 is 0 Å². The first kappa shape index (κ1) is 8.40. The molecular formula is C8H9FOS. The molecule has 0 bridgehead atoms. The molecule has 11 heavy (non-hydrogen) atoms. The molecule has 0 saturated heterocycles. The molecule has 0 radical (unpaired) electrons. The third-order valence-corrected chi connectivity index (χ3v) is 2.35. The zero-order valence-corrected chi connectivity index (χ0v) is 7.24. The highest BCUT2D eigenvalue weighted by Crippen LogP contribution is 2.12. The summed E-state index contributed by atoms with van der Waals surface area (Å²) in [6, 6.07) is 4.69. The van der Waals surface area contributed by atoms with E-state index in [0.29, 0.717) is 0 Å². The van der Waals surface area contributed by atoms with Gasteiger partial charge in [0.25, 0.3) is 0 Å². The molecule has 1 atom stereocenters. The number of halogens is 1. The molecule has 0 heterocycles. The summed E-state index contributed by atoms with van der Waals surface area (Å²) in [5, 5.41) is 0. The molecule has 60 valence electrons. The highest BCUT2D eigenvalue weighted by atomic mass is 32.2. The van der Waals surface area contributed by atoms with E-state index < -0.39 is 10.8 Å². The molecule has 0 aliphatic heterocycles. The maximum absolute atomic E-state index is 12.9. The molecular weight excluding hydrogens is 163 g/mol. The fourth-order valence-electron chi connectivity index (χ4n) is 0.839. The fraction of sp³-hybridized carbons (Fsp3) is 0.250. The minimum Gasteiger partial charge on any atom is -0.255 e. The van der Waals surface area contributed by atoms with E-state index in [1.165, 1.54) is 12.3 Å². The van der Waals surface area contributed by atoms with Crippen molar-refractivity contribution in [2.45, 2.75) is 11.8 Å². The van der Waals surface area contributed by atoms with Crippen LogP contribution in [0.2, 0.25) is 0 Å². The van der Waals surface area contributed by atoms with Gasteiger partial charge in [-0.3, -0.25) is 4.21 Å². The highest BCUT2D eigenvalue weighted by molar-refractivity contribution is 7.84. The number of hydrogen-bond donors (Lipinski definition) is 0. The van der Waals surface area contributed by atoms with Crippen molar-refractivity contribution in [3.05, 3.63) is 29.6 Å². The van der Waals surface area contributed by atoms with Gasteiger partial charge in [-0.05, 0) is 24.6 Å². The zero-order chi connectivity index (χ0) is 8.43. The van der Waals surface area contributed by atoms with Gasteiger partial charge in [0, 0.05) is 6.26 Å². The summed E-state index contributed by atoms with van der Waals surface area (Å²) in [5.41, 5.74) is 0.844. The standard InChI is InChI=1S/C8H9FOS/c1-6-3-4-8(11(2)10)7(9)5-6/h3-5H,1-2H3. The first-order chi connectivity index (χ1) is 5.11. The largest absolute Gasteiger partial charge is 0.255 e. The fourth-order valence-corrected chi connectivity index (χ4v) is 1.43. The second kappa shape index (κ2) is 3.13. The van der Waals surface area contributed by atoms with Crippen molar-refractivity contribution in [2.75, 3.05) is 6.26 Å². The zero-order valence-electron chi connectivity index (χ0n) is 6.43. The normalized spacial score (nSPS) is 13.0. The number of benzene rings is 1. The molecule has 1 nitrogen and oxygen atoms in total. The Kier molecular flexibility index (Phi) is 2.39. The Morgan fingerprint density at radius 1 is 1.45 bits per heavy atom. The Labute approximate surface area is 67.7 Å². The van der Waals surface area contributed by atoms with E-state index in [-0.39, 0.29) is 10.7 Å². The van der Waals surface area contributed by atoms with E-state index >= 15 is 0 Å². The van der Waals surface area contributed by atoms with E-state index in [0.717, 1.165) is 5.56 Å². The van der Waals surface area contributed by atoms with Gasteiger partial charge in [-0.25, -0.2) is 4.39 Å². The molecule has 0 aliphatic carbocycles. The van der Waals surface area contributed by atoms with Crippen LogP contribution in [0.1, 0.15) is 5.56 Å². The van der Waals surface area contributed by atoms with E-state index in [2.05, 4.69) is 0 Å². The molecule has 0 saturated carbocycles. The van der Waals surface area contributed by atoms with Gasteiger partial charge >= 0.3 is 0 Å². The second-order valence-corrected chi connectivity index (χ2v) is 3.74. The van der Waals surface area contributed by atoms with Crippen LogP contribution in [0.4, 0.5) is 4.39 Å². The average Bonchev–Trinajstić information content (AvgIpc) is 1.85. The summed E-state index contributed by atoms with van der Waals surface area (Å²) in [4.78, 5) is 0.274. The van der Waals surface area contributed by atoms with Crippen LogP contribution >= 0.6 is 0 Å². The molecule has 1 rings (SSSR count). The third kappa shape index (κ3) is 1.87. The quantitative estimate of drug-likeness (QED) is 0.632. The van der Waals surface area contributed by atoms with Gasteiger partial charge in [0.05, 0.1) is 15.7 Å². The average molecular weight is 172 g/mol.